The molecule has 3 nitrogen and oxygen atoms in total. The molecule has 0 aliphatic rings. The first-order valence-electron chi connectivity index (χ1n) is 4.50. The zero-order chi connectivity index (χ0) is 11.4. The van der Waals surface area contributed by atoms with Gasteiger partial charge in [0.25, 0.3) is 0 Å². The minimum Gasteiger partial charge on any atom is -0.383 e. The van der Waals surface area contributed by atoms with Crippen molar-refractivity contribution in [2.24, 2.45) is 0 Å². The van der Waals surface area contributed by atoms with Crippen molar-refractivity contribution in [2.45, 2.75) is 6.92 Å². The smallest absolute Gasteiger partial charge is 0.197 e. The number of nitrogens with zero attached hydrogens (tertiary/aromatic N) is 1. The first kappa shape index (κ1) is 11.7. The highest BCUT2D eigenvalue weighted by atomic mass is 32.1. The van der Waals surface area contributed by atoms with E-state index in [-0.39, 0.29) is 11.6 Å². The summed E-state index contributed by atoms with van der Waals surface area (Å²) in [6.07, 6.45) is 3.19. The average molecular weight is 223 g/mol. The Morgan fingerprint density at radius 1 is 1.27 bits per heavy atom. The molecule has 1 heterocycles. The van der Waals surface area contributed by atoms with Crippen LogP contribution < -0.4 is 0 Å². The predicted molar refractivity (Wildman–Crippen MR) is 61.5 cm³/mol. The largest absolute Gasteiger partial charge is 0.383 e. The lowest BCUT2D eigenvalue weighted by Gasteiger charge is -2.01. The van der Waals surface area contributed by atoms with Gasteiger partial charge >= 0.3 is 0 Å². The second-order valence-corrected chi connectivity index (χ2v) is 4.45. The van der Waals surface area contributed by atoms with Crippen LogP contribution in [0.5, 0.6) is 0 Å². The molecule has 80 valence electrons. The van der Waals surface area contributed by atoms with Gasteiger partial charge in [-0.15, -0.1) is 11.3 Å². The van der Waals surface area contributed by atoms with Crippen molar-refractivity contribution in [3.63, 3.8) is 0 Å². The van der Waals surface area contributed by atoms with Crippen LogP contribution in [0.2, 0.25) is 0 Å². The zero-order valence-corrected chi connectivity index (χ0v) is 9.80. The second-order valence-electron chi connectivity index (χ2n) is 3.36. The van der Waals surface area contributed by atoms with E-state index in [0.29, 0.717) is 9.75 Å². The summed E-state index contributed by atoms with van der Waals surface area (Å²) in [6, 6.07) is 3.37. The molecule has 0 atom stereocenters. The minimum atomic E-state index is -0.0683. The van der Waals surface area contributed by atoms with E-state index in [9.17, 15) is 9.59 Å². The molecular formula is C11H13NO2S. The Morgan fingerprint density at radius 3 is 2.33 bits per heavy atom. The van der Waals surface area contributed by atoms with Gasteiger partial charge in [0.2, 0.25) is 0 Å². The van der Waals surface area contributed by atoms with Gasteiger partial charge in [0.1, 0.15) is 0 Å². The number of hydrogen-bond acceptors (Lipinski definition) is 4. The molecule has 0 aromatic carbocycles. The fourth-order valence-corrected chi connectivity index (χ4v) is 1.78. The number of carbonyl (C=O) groups excluding carboxylic acids is 2. The lowest BCUT2D eigenvalue weighted by Crippen LogP contribution is -2.02. The fraction of sp³-hybridized carbons (Fsp3) is 0.273. The molecule has 1 aromatic rings. The molecule has 0 saturated heterocycles. The minimum absolute atomic E-state index is 0.00404. The van der Waals surface area contributed by atoms with E-state index in [1.807, 2.05) is 14.1 Å². The van der Waals surface area contributed by atoms with Crippen molar-refractivity contribution < 1.29 is 9.59 Å². The molecule has 0 bridgehead atoms. The SMILES string of the molecule is CC(=O)c1ccc(C(=O)/C=C/N(C)C)s1. The van der Waals surface area contributed by atoms with Gasteiger partial charge in [-0.25, -0.2) is 0 Å². The molecule has 15 heavy (non-hydrogen) atoms. The van der Waals surface area contributed by atoms with Crippen LogP contribution in [0.4, 0.5) is 0 Å². The summed E-state index contributed by atoms with van der Waals surface area (Å²) in [7, 11) is 3.69. The summed E-state index contributed by atoms with van der Waals surface area (Å²) in [5.41, 5.74) is 0. The molecule has 0 unspecified atom stereocenters. The average Bonchev–Trinajstić information content (AvgIpc) is 2.62. The summed E-state index contributed by atoms with van der Waals surface area (Å²) in [5.74, 6) is -0.0724. The molecule has 0 saturated carbocycles. The van der Waals surface area contributed by atoms with Gasteiger partial charge in [0, 0.05) is 26.4 Å². The van der Waals surface area contributed by atoms with E-state index < -0.39 is 0 Å². The highest BCUT2D eigenvalue weighted by Crippen LogP contribution is 2.17. The number of allylic oxidation sites excluding steroid dienone is 1. The number of rotatable bonds is 4. The first-order valence-corrected chi connectivity index (χ1v) is 5.32. The van der Waals surface area contributed by atoms with E-state index >= 15 is 0 Å². The molecule has 0 fully saturated rings. The molecule has 0 aliphatic carbocycles. The van der Waals surface area contributed by atoms with Crippen LogP contribution in [0, 0.1) is 0 Å². The Morgan fingerprint density at radius 2 is 1.87 bits per heavy atom. The Balaban J connectivity index is 2.79. The van der Waals surface area contributed by atoms with Gasteiger partial charge in [0.05, 0.1) is 9.75 Å². The molecular weight excluding hydrogens is 210 g/mol. The van der Waals surface area contributed by atoms with E-state index in [2.05, 4.69) is 0 Å². The molecule has 0 aliphatic heterocycles. The van der Waals surface area contributed by atoms with Crippen LogP contribution in [-0.2, 0) is 0 Å². The van der Waals surface area contributed by atoms with E-state index in [1.54, 1.807) is 23.2 Å². The molecule has 0 N–H and O–H groups in total. The lowest BCUT2D eigenvalue weighted by atomic mass is 10.3. The summed E-state index contributed by atoms with van der Waals surface area (Å²) < 4.78 is 0. The molecule has 1 rings (SSSR count). The Labute approximate surface area is 93.0 Å². The number of carbonyl (C=O) groups is 2. The van der Waals surface area contributed by atoms with E-state index in [4.69, 9.17) is 0 Å². The summed E-state index contributed by atoms with van der Waals surface area (Å²) >= 11 is 1.23. The maximum atomic E-state index is 11.6. The summed E-state index contributed by atoms with van der Waals surface area (Å²) in [6.45, 7) is 1.50. The van der Waals surface area contributed by atoms with E-state index in [1.165, 1.54) is 24.3 Å². The van der Waals surface area contributed by atoms with Gasteiger partial charge in [0.15, 0.2) is 11.6 Å². The van der Waals surface area contributed by atoms with Gasteiger partial charge in [-0.3, -0.25) is 9.59 Å². The van der Waals surface area contributed by atoms with E-state index in [0.717, 1.165) is 0 Å². The molecule has 0 amide bonds. The third-order valence-corrected chi connectivity index (χ3v) is 2.92. The third kappa shape index (κ3) is 3.32. The van der Waals surface area contributed by atoms with Crippen molar-refractivity contribution in [1.29, 1.82) is 0 Å². The Hall–Kier alpha value is -1.42. The predicted octanol–water partition coefficient (Wildman–Crippen LogP) is 2.21. The van der Waals surface area contributed by atoms with Crippen LogP contribution in [0.1, 0.15) is 26.3 Å². The van der Waals surface area contributed by atoms with Crippen molar-refractivity contribution in [1.82, 2.24) is 4.90 Å². The van der Waals surface area contributed by atoms with Gasteiger partial charge in [-0.05, 0) is 19.1 Å². The molecule has 1 aromatic heterocycles. The monoisotopic (exact) mass is 223 g/mol. The van der Waals surface area contributed by atoms with Gasteiger partial charge < -0.3 is 4.90 Å². The molecule has 0 spiro atoms. The van der Waals surface area contributed by atoms with Gasteiger partial charge in [-0.1, -0.05) is 0 Å². The van der Waals surface area contributed by atoms with Crippen LogP contribution in [0.3, 0.4) is 0 Å². The summed E-state index contributed by atoms with van der Waals surface area (Å²) in [5, 5.41) is 0. The van der Waals surface area contributed by atoms with Crippen LogP contribution in [0.15, 0.2) is 24.4 Å². The second kappa shape index (κ2) is 4.89. The fourth-order valence-electron chi connectivity index (χ4n) is 0.958. The van der Waals surface area contributed by atoms with Crippen LogP contribution >= 0.6 is 11.3 Å². The van der Waals surface area contributed by atoms with Crippen molar-refractivity contribution in [3.8, 4) is 0 Å². The number of hydrogen-bond donors (Lipinski definition) is 0. The summed E-state index contributed by atoms with van der Waals surface area (Å²) in [4.78, 5) is 25.6. The molecule has 4 heteroatoms. The maximum Gasteiger partial charge on any atom is 0.197 e. The highest BCUT2D eigenvalue weighted by Gasteiger charge is 2.08. The quantitative estimate of drug-likeness (QED) is 0.580. The third-order valence-electron chi connectivity index (χ3n) is 1.72. The standard InChI is InChI=1S/C11H13NO2S/c1-8(13)10-4-5-11(15-10)9(14)6-7-12(2)3/h4-7H,1-3H3/b7-6+. The highest BCUT2D eigenvalue weighted by molar-refractivity contribution is 7.16. The maximum absolute atomic E-state index is 11.6. The van der Waals surface area contributed by atoms with Crippen molar-refractivity contribution in [3.05, 3.63) is 34.2 Å². The van der Waals surface area contributed by atoms with Gasteiger partial charge in [-0.2, -0.15) is 0 Å². The lowest BCUT2D eigenvalue weighted by molar-refractivity contribution is 0.102. The Bertz CT molecular complexity index is 404. The first-order chi connectivity index (χ1) is 7.00. The topological polar surface area (TPSA) is 37.4 Å². The van der Waals surface area contributed by atoms with Crippen molar-refractivity contribution >= 4 is 22.9 Å². The molecule has 0 radical (unpaired) electrons. The van der Waals surface area contributed by atoms with Crippen LogP contribution in [-0.4, -0.2) is 30.6 Å². The normalized spacial score (nSPS) is 10.6. The van der Waals surface area contributed by atoms with Crippen LogP contribution in [0.25, 0.3) is 0 Å². The van der Waals surface area contributed by atoms with Crippen molar-refractivity contribution in [2.75, 3.05) is 14.1 Å². The number of Topliss-reactive ketones (excluding diaryl/α,β-unsaturated/α-hetero) is 1. The zero-order valence-electron chi connectivity index (χ0n) is 8.98. The Kier molecular flexibility index (Phi) is 3.80. The number of thiophene rings is 1. The number of ketones is 2.